The topological polar surface area (TPSA) is 50.9 Å². The molecule has 0 radical (unpaired) electrons. The van der Waals surface area contributed by atoms with E-state index in [0.29, 0.717) is 0 Å². The van der Waals surface area contributed by atoms with Gasteiger partial charge in [-0.1, -0.05) is 18.2 Å². The smallest absolute Gasteiger partial charge is 0.123 e. The van der Waals surface area contributed by atoms with Crippen LogP contribution in [0.15, 0.2) is 42.6 Å². The standard InChI is InChI=1S/C15H16FN3/c16-12-5-1-3-11(9-12)15(19-17)13-7-6-10-4-2-8-18-14(10)13/h1-5,8-9,13,15,19H,6-7,17H2. The van der Waals surface area contributed by atoms with Crippen LogP contribution in [0.25, 0.3) is 0 Å². The van der Waals surface area contributed by atoms with Crippen LogP contribution in [-0.2, 0) is 6.42 Å². The molecule has 2 atom stereocenters. The SMILES string of the molecule is NNC(c1cccc(F)c1)C1CCc2cccnc21. The molecule has 2 aromatic rings. The van der Waals surface area contributed by atoms with Crippen LogP contribution in [0.4, 0.5) is 4.39 Å². The summed E-state index contributed by atoms with van der Waals surface area (Å²) in [5, 5.41) is 0. The van der Waals surface area contributed by atoms with Gasteiger partial charge < -0.3 is 0 Å². The van der Waals surface area contributed by atoms with Crippen molar-refractivity contribution in [3.63, 3.8) is 0 Å². The van der Waals surface area contributed by atoms with Gasteiger partial charge in [0.25, 0.3) is 0 Å². The molecule has 1 aromatic carbocycles. The average molecular weight is 257 g/mol. The summed E-state index contributed by atoms with van der Waals surface area (Å²) in [6.07, 6.45) is 3.79. The first-order valence-corrected chi connectivity index (χ1v) is 6.45. The summed E-state index contributed by atoms with van der Waals surface area (Å²) in [6.45, 7) is 0. The van der Waals surface area contributed by atoms with Gasteiger partial charge in [0.1, 0.15) is 5.82 Å². The molecule has 1 aliphatic rings. The first-order chi connectivity index (χ1) is 9.29. The molecule has 0 amide bonds. The van der Waals surface area contributed by atoms with Crippen LogP contribution < -0.4 is 11.3 Å². The Kier molecular flexibility index (Phi) is 3.27. The predicted octanol–water partition coefficient (Wildman–Crippen LogP) is 2.46. The third-order valence-corrected chi connectivity index (χ3v) is 3.79. The van der Waals surface area contributed by atoms with E-state index in [1.807, 2.05) is 12.1 Å². The molecule has 0 fully saturated rings. The quantitative estimate of drug-likeness (QED) is 0.656. The van der Waals surface area contributed by atoms with E-state index < -0.39 is 0 Å². The van der Waals surface area contributed by atoms with E-state index in [9.17, 15) is 4.39 Å². The number of rotatable bonds is 3. The average Bonchev–Trinajstić information content (AvgIpc) is 2.84. The minimum Gasteiger partial charge on any atom is -0.271 e. The number of hydrazine groups is 1. The van der Waals surface area contributed by atoms with E-state index >= 15 is 0 Å². The number of pyridine rings is 1. The lowest BCUT2D eigenvalue weighted by molar-refractivity contribution is 0.445. The molecule has 98 valence electrons. The fourth-order valence-corrected chi connectivity index (χ4v) is 2.91. The van der Waals surface area contributed by atoms with Gasteiger partial charge in [0, 0.05) is 17.8 Å². The molecule has 1 aromatic heterocycles. The molecule has 3 N–H and O–H groups in total. The van der Waals surface area contributed by atoms with Crippen molar-refractivity contribution in [3.8, 4) is 0 Å². The highest BCUT2D eigenvalue weighted by molar-refractivity contribution is 5.33. The zero-order valence-corrected chi connectivity index (χ0v) is 10.5. The molecule has 0 saturated heterocycles. The second kappa shape index (κ2) is 5.07. The fraction of sp³-hybridized carbons (Fsp3) is 0.267. The first kappa shape index (κ1) is 12.3. The van der Waals surface area contributed by atoms with Gasteiger partial charge in [0.2, 0.25) is 0 Å². The Balaban J connectivity index is 1.96. The van der Waals surface area contributed by atoms with Crippen LogP contribution in [-0.4, -0.2) is 4.98 Å². The highest BCUT2D eigenvalue weighted by Gasteiger charge is 2.31. The van der Waals surface area contributed by atoms with Crippen LogP contribution in [0.5, 0.6) is 0 Å². The molecule has 3 nitrogen and oxygen atoms in total. The number of halogens is 1. The van der Waals surface area contributed by atoms with Crippen LogP contribution in [0.2, 0.25) is 0 Å². The van der Waals surface area contributed by atoms with Crippen LogP contribution in [0.1, 0.15) is 35.2 Å². The summed E-state index contributed by atoms with van der Waals surface area (Å²) in [5.74, 6) is 5.65. The largest absolute Gasteiger partial charge is 0.271 e. The molecule has 19 heavy (non-hydrogen) atoms. The number of nitrogens with two attached hydrogens (primary N) is 1. The summed E-state index contributed by atoms with van der Waals surface area (Å²) in [4.78, 5) is 4.47. The summed E-state index contributed by atoms with van der Waals surface area (Å²) in [7, 11) is 0. The van der Waals surface area contributed by atoms with Crippen molar-refractivity contribution in [3.05, 3.63) is 65.2 Å². The van der Waals surface area contributed by atoms with Gasteiger partial charge in [-0.15, -0.1) is 0 Å². The minimum absolute atomic E-state index is 0.105. The summed E-state index contributed by atoms with van der Waals surface area (Å²) in [6, 6.07) is 10.5. The Bertz CT molecular complexity index is 585. The Labute approximate surface area is 111 Å². The van der Waals surface area contributed by atoms with E-state index in [1.54, 1.807) is 12.3 Å². The highest BCUT2D eigenvalue weighted by atomic mass is 19.1. The maximum absolute atomic E-state index is 13.4. The zero-order valence-electron chi connectivity index (χ0n) is 10.5. The maximum Gasteiger partial charge on any atom is 0.123 e. The van der Waals surface area contributed by atoms with Crippen molar-refractivity contribution in [1.82, 2.24) is 10.4 Å². The van der Waals surface area contributed by atoms with Crippen molar-refractivity contribution in [1.29, 1.82) is 0 Å². The third kappa shape index (κ3) is 2.25. The molecule has 2 unspecified atom stereocenters. The zero-order chi connectivity index (χ0) is 13.2. The lowest BCUT2D eigenvalue weighted by Crippen LogP contribution is -2.32. The molecular formula is C15H16FN3. The molecule has 3 rings (SSSR count). The van der Waals surface area contributed by atoms with Gasteiger partial charge in [-0.3, -0.25) is 16.3 Å². The van der Waals surface area contributed by atoms with Crippen molar-refractivity contribution in [2.24, 2.45) is 5.84 Å². The van der Waals surface area contributed by atoms with Crippen LogP contribution in [0.3, 0.4) is 0 Å². The van der Waals surface area contributed by atoms with Gasteiger partial charge in [0.05, 0.1) is 6.04 Å². The van der Waals surface area contributed by atoms with Crippen molar-refractivity contribution in [2.75, 3.05) is 0 Å². The van der Waals surface area contributed by atoms with Crippen molar-refractivity contribution >= 4 is 0 Å². The number of fused-ring (bicyclic) bond motifs is 1. The second-order valence-electron chi connectivity index (χ2n) is 4.89. The first-order valence-electron chi connectivity index (χ1n) is 6.45. The molecule has 4 heteroatoms. The lowest BCUT2D eigenvalue weighted by atomic mass is 9.91. The minimum atomic E-state index is -0.239. The second-order valence-corrected chi connectivity index (χ2v) is 4.89. The molecular weight excluding hydrogens is 241 g/mol. The van der Waals surface area contributed by atoms with Gasteiger partial charge >= 0.3 is 0 Å². The molecule has 0 bridgehead atoms. The van der Waals surface area contributed by atoms with E-state index in [0.717, 1.165) is 24.1 Å². The molecule has 1 aliphatic carbocycles. The van der Waals surface area contributed by atoms with Gasteiger partial charge in [-0.2, -0.15) is 0 Å². The Hall–Kier alpha value is -1.78. The van der Waals surface area contributed by atoms with Gasteiger partial charge in [0.15, 0.2) is 0 Å². The molecule has 0 aliphatic heterocycles. The van der Waals surface area contributed by atoms with E-state index in [2.05, 4.69) is 16.5 Å². The number of aryl methyl sites for hydroxylation is 1. The summed E-state index contributed by atoms with van der Waals surface area (Å²) < 4.78 is 13.4. The van der Waals surface area contributed by atoms with E-state index in [-0.39, 0.29) is 17.8 Å². The number of benzene rings is 1. The van der Waals surface area contributed by atoms with Crippen LogP contribution in [0, 0.1) is 5.82 Å². The fourth-order valence-electron chi connectivity index (χ4n) is 2.91. The van der Waals surface area contributed by atoms with Gasteiger partial charge in [-0.05, 0) is 42.2 Å². The number of hydrogen-bond donors (Lipinski definition) is 2. The number of nitrogens with zero attached hydrogens (tertiary/aromatic N) is 1. The predicted molar refractivity (Wildman–Crippen MR) is 71.8 cm³/mol. The van der Waals surface area contributed by atoms with Gasteiger partial charge in [-0.25, -0.2) is 4.39 Å². The van der Waals surface area contributed by atoms with Crippen molar-refractivity contribution < 1.29 is 4.39 Å². The number of hydrogen-bond acceptors (Lipinski definition) is 3. The monoisotopic (exact) mass is 257 g/mol. The van der Waals surface area contributed by atoms with Crippen LogP contribution >= 0.6 is 0 Å². The molecule has 0 spiro atoms. The maximum atomic E-state index is 13.4. The number of nitrogens with one attached hydrogen (secondary N) is 1. The van der Waals surface area contributed by atoms with Crippen molar-refractivity contribution in [2.45, 2.75) is 24.8 Å². The molecule has 0 saturated carbocycles. The third-order valence-electron chi connectivity index (χ3n) is 3.79. The Morgan fingerprint density at radius 1 is 1.32 bits per heavy atom. The summed E-state index contributed by atoms with van der Waals surface area (Å²) >= 11 is 0. The summed E-state index contributed by atoms with van der Waals surface area (Å²) in [5.41, 5.74) is 6.03. The lowest BCUT2D eigenvalue weighted by Gasteiger charge is -2.23. The molecule has 1 heterocycles. The Morgan fingerprint density at radius 3 is 3.00 bits per heavy atom. The normalized spacial score (nSPS) is 19.2. The Morgan fingerprint density at radius 2 is 2.21 bits per heavy atom. The van der Waals surface area contributed by atoms with E-state index in [4.69, 9.17) is 5.84 Å². The number of aromatic nitrogens is 1. The highest BCUT2D eigenvalue weighted by Crippen LogP contribution is 2.39. The van der Waals surface area contributed by atoms with E-state index in [1.165, 1.54) is 17.7 Å².